The summed E-state index contributed by atoms with van der Waals surface area (Å²) in [7, 11) is 1.92. The molecule has 1 aliphatic rings. The molecule has 1 fully saturated rings. The molecule has 1 aliphatic heterocycles. The van der Waals surface area contributed by atoms with Gasteiger partial charge in [0.15, 0.2) is 16.8 Å². The second-order valence-electron chi connectivity index (χ2n) is 6.47. The van der Waals surface area contributed by atoms with Gasteiger partial charge in [0.05, 0.1) is 19.0 Å². The summed E-state index contributed by atoms with van der Waals surface area (Å²) in [6.45, 7) is 5.80. The maximum absolute atomic E-state index is 12.2. The molecule has 0 bridgehead atoms. The lowest BCUT2D eigenvalue weighted by Crippen LogP contribution is -3.12. The summed E-state index contributed by atoms with van der Waals surface area (Å²) in [4.78, 5) is 25.1. The number of benzene rings is 1. The number of ether oxygens (including phenoxy) is 1. The van der Waals surface area contributed by atoms with E-state index in [1.165, 1.54) is 23.6 Å². The van der Waals surface area contributed by atoms with Gasteiger partial charge in [0.1, 0.15) is 19.6 Å². The maximum Gasteiger partial charge on any atom is 0.234 e. The molecular weight excluding hydrogens is 366 g/mol. The van der Waals surface area contributed by atoms with E-state index in [9.17, 15) is 9.59 Å². The van der Waals surface area contributed by atoms with E-state index in [2.05, 4.69) is 15.5 Å². The minimum Gasteiger partial charge on any atom is -0.370 e. The van der Waals surface area contributed by atoms with Crippen LogP contribution in [0.4, 0.5) is 5.69 Å². The number of quaternary nitrogens is 1. The normalized spacial score (nSPS) is 14.9. The second-order valence-corrected chi connectivity index (χ2v) is 7.41. The standard InChI is InChI=1S/C18H23N5O3S/c1-13(24)14-4-3-5-15(10-14)19-17(25)12-27-18-21-20-16(22(18)2)11-23-6-8-26-9-7-23/h3-5,10H,6-9,11-12H2,1-2H3,(H,19,25)/p+1. The van der Waals surface area contributed by atoms with Crippen LogP contribution >= 0.6 is 11.8 Å². The number of hydrogen-bond donors (Lipinski definition) is 2. The van der Waals surface area contributed by atoms with Crippen LogP contribution in [0.2, 0.25) is 0 Å². The summed E-state index contributed by atoms with van der Waals surface area (Å²) in [5.41, 5.74) is 1.19. The highest BCUT2D eigenvalue weighted by Gasteiger charge is 2.19. The lowest BCUT2D eigenvalue weighted by Gasteiger charge is -2.23. The number of rotatable bonds is 7. The Bertz CT molecular complexity index is 817. The van der Waals surface area contributed by atoms with E-state index in [1.807, 2.05) is 11.6 Å². The average Bonchev–Trinajstić information content (AvgIpc) is 3.01. The summed E-state index contributed by atoms with van der Waals surface area (Å²) in [6.07, 6.45) is 0. The molecule has 8 nitrogen and oxygen atoms in total. The van der Waals surface area contributed by atoms with Crippen LogP contribution in [-0.4, -0.2) is 58.5 Å². The number of anilines is 1. The Labute approximate surface area is 162 Å². The van der Waals surface area contributed by atoms with Crippen LogP contribution in [0.15, 0.2) is 29.4 Å². The number of hydrogen-bond acceptors (Lipinski definition) is 6. The van der Waals surface area contributed by atoms with E-state index < -0.39 is 0 Å². The molecule has 9 heteroatoms. The third kappa shape index (κ3) is 5.38. The molecular formula is C18H24N5O3S+. The van der Waals surface area contributed by atoms with Gasteiger partial charge in [0.25, 0.3) is 0 Å². The minimum atomic E-state index is -0.149. The van der Waals surface area contributed by atoms with Crippen molar-refractivity contribution in [3.63, 3.8) is 0 Å². The number of aromatic nitrogens is 3. The van der Waals surface area contributed by atoms with Gasteiger partial charge in [-0.05, 0) is 19.1 Å². The van der Waals surface area contributed by atoms with Crippen LogP contribution in [0.5, 0.6) is 0 Å². The van der Waals surface area contributed by atoms with Crippen LogP contribution in [0.3, 0.4) is 0 Å². The molecule has 0 radical (unpaired) electrons. The molecule has 144 valence electrons. The van der Waals surface area contributed by atoms with Crippen LogP contribution < -0.4 is 10.2 Å². The number of morpholine rings is 1. The van der Waals surface area contributed by atoms with Crippen LogP contribution in [0, 0.1) is 0 Å². The Kier molecular flexibility index (Phi) is 6.59. The zero-order valence-corrected chi connectivity index (χ0v) is 16.3. The average molecular weight is 390 g/mol. The van der Waals surface area contributed by atoms with Crippen molar-refractivity contribution in [1.29, 1.82) is 0 Å². The van der Waals surface area contributed by atoms with Gasteiger partial charge in [-0.3, -0.25) is 9.59 Å². The van der Waals surface area contributed by atoms with Crippen molar-refractivity contribution in [2.24, 2.45) is 7.05 Å². The van der Waals surface area contributed by atoms with E-state index in [4.69, 9.17) is 4.74 Å². The third-order valence-corrected chi connectivity index (χ3v) is 5.44. The fourth-order valence-electron chi connectivity index (χ4n) is 2.83. The van der Waals surface area contributed by atoms with Gasteiger partial charge >= 0.3 is 0 Å². The Morgan fingerprint density at radius 3 is 2.81 bits per heavy atom. The molecule has 2 aromatic rings. The number of Topliss-reactive ketones (excluding diaryl/α,β-unsaturated/α-hetero) is 1. The van der Waals surface area contributed by atoms with Crippen molar-refractivity contribution < 1.29 is 19.2 Å². The zero-order valence-electron chi connectivity index (χ0n) is 15.5. The van der Waals surface area contributed by atoms with E-state index in [1.54, 1.807) is 24.3 Å². The quantitative estimate of drug-likeness (QED) is 0.517. The van der Waals surface area contributed by atoms with Gasteiger partial charge in [0, 0.05) is 18.3 Å². The second kappa shape index (κ2) is 9.12. The van der Waals surface area contributed by atoms with Crippen molar-refractivity contribution >= 4 is 29.1 Å². The Hall–Kier alpha value is -2.23. The largest absolute Gasteiger partial charge is 0.370 e. The molecule has 0 spiro atoms. The molecule has 1 aromatic carbocycles. The monoisotopic (exact) mass is 390 g/mol. The lowest BCUT2D eigenvalue weighted by atomic mass is 10.1. The van der Waals surface area contributed by atoms with Crippen molar-refractivity contribution in [3.8, 4) is 0 Å². The summed E-state index contributed by atoms with van der Waals surface area (Å²) in [6, 6.07) is 6.92. The fourth-order valence-corrected chi connectivity index (χ4v) is 3.56. The molecule has 0 unspecified atom stereocenters. The molecule has 27 heavy (non-hydrogen) atoms. The first-order chi connectivity index (χ1) is 13.0. The smallest absolute Gasteiger partial charge is 0.234 e. The molecule has 0 atom stereocenters. The molecule has 1 aromatic heterocycles. The highest BCUT2D eigenvalue weighted by molar-refractivity contribution is 7.99. The molecule has 0 aliphatic carbocycles. The first-order valence-electron chi connectivity index (χ1n) is 8.86. The SMILES string of the molecule is CC(=O)c1cccc(NC(=O)CSc2nnc(C[NH+]3CCOCC3)n2C)c1. The first kappa shape index (κ1) is 19.5. The van der Waals surface area contributed by atoms with Crippen molar-refractivity contribution in [1.82, 2.24) is 14.8 Å². The van der Waals surface area contributed by atoms with Gasteiger partial charge < -0.3 is 19.5 Å². The predicted molar refractivity (Wildman–Crippen MR) is 102 cm³/mol. The third-order valence-electron chi connectivity index (χ3n) is 4.42. The highest BCUT2D eigenvalue weighted by Crippen LogP contribution is 2.17. The summed E-state index contributed by atoms with van der Waals surface area (Å²) in [5, 5.41) is 12.0. The summed E-state index contributed by atoms with van der Waals surface area (Å²) in [5.74, 6) is 0.947. The maximum atomic E-state index is 12.2. The van der Waals surface area contributed by atoms with E-state index in [0.29, 0.717) is 16.4 Å². The predicted octanol–water partition coefficient (Wildman–Crippen LogP) is 0.164. The van der Waals surface area contributed by atoms with Gasteiger partial charge in [-0.1, -0.05) is 23.9 Å². The molecule has 1 amide bonds. The van der Waals surface area contributed by atoms with Crippen LogP contribution in [-0.2, 0) is 23.1 Å². The van der Waals surface area contributed by atoms with Crippen molar-refractivity contribution in [2.75, 3.05) is 37.4 Å². The molecule has 2 heterocycles. The lowest BCUT2D eigenvalue weighted by molar-refractivity contribution is -0.922. The van der Waals surface area contributed by atoms with Gasteiger partial charge in [0.2, 0.25) is 5.91 Å². The number of nitrogens with one attached hydrogen (secondary N) is 2. The van der Waals surface area contributed by atoms with Gasteiger partial charge in [-0.25, -0.2) is 0 Å². The van der Waals surface area contributed by atoms with Gasteiger partial charge in [-0.15, -0.1) is 10.2 Å². The van der Waals surface area contributed by atoms with Gasteiger partial charge in [-0.2, -0.15) is 0 Å². The fraction of sp³-hybridized carbons (Fsp3) is 0.444. The Morgan fingerprint density at radius 1 is 1.30 bits per heavy atom. The van der Waals surface area contributed by atoms with E-state index in [0.717, 1.165) is 38.7 Å². The van der Waals surface area contributed by atoms with Crippen LogP contribution in [0.1, 0.15) is 23.1 Å². The Balaban J connectivity index is 1.53. The number of nitrogens with zero attached hydrogens (tertiary/aromatic N) is 3. The Morgan fingerprint density at radius 2 is 2.07 bits per heavy atom. The summed E-state index contributed by atoms with van der Waals surface area (Å²) >= 11 is 1.34. The van der Waals surface area contributed by atoms with Crippen molar-refractivity contribution in [3.05, 3.63) is 35.7 Å². The van der Waals surface area contributed by atoms with Crippen LogP contribution in [0.25, 0.3) is 0 Å². The van der Waals surface area contributed by atoms with E-state index >= 15 is 0 Å². The first-order valence-corrected chi connectivity index (χ1v) is 9.84. The highest BCUT2D eigenvalue weighted by atomic mass is 32.2. The molecule has 3 rings (SSSR count). The zero-order chi connectivity index (χ0) is 19.2. The molecule has 0 saturated carbocycles. The van der Waals surface area contributed by atoms with Crippen molar-refractivity contribution in [2.45, 2.75) is 18.6 Å². The molecule has 1 saturated heterocycles. The topological polar surface area (TPSA) is 90.6 Å². The summed E-state index contributed by atoms with van der Waals surface area (Å²) < 4.78 is 7.32. The van der Waals surface area contributed by atoms with E-state index in [-0.39, 0.29) is 17.4 Å². The minimum absolute atomic E-state index is 0.0329. The number of thioether (sulfide) groups is 1. The number of carbonyl (C=O) groups excluding carboxylic acids is 2. The number of ketones is 1. The number of amides is 1. The molecule has 2 N–H and O–H groups in total. The number of carbonyl (C=O) groups is 2.